The Hall–Kier alpha value is -3.87. The summed E-state index contributed by atoms with van der Waals surface area (Å²) >= 11 is 0. The number of furan rings is 1. The van der Waals surface area contributed by atoms with E-state index in [-0.39, 0.29) is 17.4 Å². The zero-order chi connectivity index (χ0) is 22.6. The third-order valence-electron chi connectivity index (χ3n) is 6.20. The lowest BCUT2D eigenvalue weighted by Gasteiger charge is -2.32. The first-order chi connectivity index (χ1) is 16.2. The second-order valence-corrected chi connectivity index (χ2v) is 8.36. The predicted molar refractivity (Wildman–Crippen MR) is 127 cm³/mol. The van der Waals surface area contributed by atoms with Crippen LogP contribution in [0.2, 0.25) is 0 Å². The molecule has 1 aliphatic rings. The Morgan fingerprint density at radius 1 is 1.00 bits per heavy atom. The molecule has 1 aliphatic heterocycles. The van der Waals surface area contributed by atoms with Gasteiger partial charge in [0.25, 0.3) is 5.56 Å². The van der Waals surface area contributed by atoms with Gasteiger partial charge in [-0.1, -0.05) is 42.5 Å². The zero-order valence-electron chi connectivity index (χ0n) is 18.3. The molecule has 1 saturated heterocycles. The quantitative estimate of drug-likeness (QED) is 0.494. The molecule has 2 aromatic carbocycles. The monoisotopic (exact) mass is 442 g/mol. The molecule has 0 bridgehead atoms. The molecular formula is C26H26N4O3. The summed E-state index contributed by atoms with van der Waals surface area (Å²) in [6.07, 6.45) is 2.95. The van der Waals surface area contributed by atoms with E-state index in [1.807, 2.05) is 65.6 Å². The Bertz CT molecular complexity index is 1290. The van der Waals surface area contributed by atoms with Crippen LogP contribution in [-0.4, -0.2) is 28.5 Å². The number of anilines is 1. The molecule has 1 amide bonds. The van der Waals surface area contributed by atoms with Crippen LogP contribution in [0.25, 0.3) is 11.0 Å². The highest BCUT2D eigenvalue weighted by Gasteiger charge is 2.27. The van der Waals surface area contributed by atoms with Crippen molar-refractivity contribution in [3.05, 3.63) is 94.7 Å². The van der Waals surface area contributed by atoms with Crippen LogP contribution < -0.4 is 15.8 Å². The fraction of sp³-hybridized carbons (Fsp3) is 0.269. The summed E-state index contributed by atoms with van der Waals surface area (Å²) in [5.74, 6) is 1.14. The van der Waals surface area contributed by atoms with Gasteiger partial charge >= 0.3 is 0 Å². The van der Waals surface area contributed by atoms with E-state index in [1.54, 1.807) is 16.9 Å². The third-order valence-corrected chi connectivity index (χ3v) is 6.20. The minimum Gasteiger partial charge on any atom is -0.467 e. The molecule has 0 unspecified atom stereocenters. The highest BCUT2D eigenvalue weighted by Crippen LogP contribution is 2.22. The fourth-order valence-corrected chi connectivity index (χ4v) is 4.39. The van der Waals surface area contributed by atoms with Crippen LogP contribution in [0, 0.1) is 5.92 Å². The molecule has 3 heterocycles. The van der Waals surface area contributed by atoms with Crippen molar-refractivity contribution in [3.8, 4) is 0 Å². The molecule has 33 heavy (non-hydrogen) atoms. The fourth-order valence-electron chi connectivity index (χ4n) is 4.39. The second-order valence-electron chi connectivity index (χ2n) is 8.36. The molecule has 5 rings (SSSR count). The number of rotatable bonds is 6. The molecule has 4 aromatic rings. The van der Waals surface area contributed by atoms with E-state index in [0.717, 1.165) is 22.4 Å². The lowest BCUT2D eigenvalue weighted by atomic mass is 9.96. The van der Waals surface area contributed by atoms with Gasteiger partial charge in [-0.2, -0.15) is 0 Å². The van der Waals surface area contributed by atoms with Gasteiger partial charge in [0.15, 0.2) is 5.82 Å². The third kappa shape index (κ3) is 4.53. The maximum absolute atomic E-state index is 13.5. The van der Waals surface area contributed by atoms with Crippen molar-refractivity contribution in [1.82, 2.24) is 14.9 Å². The van der Waals surface area contributed by atoms with Gasteiger partial charge in [0.05, 0.1) is 30.4 Å². The number of para-hydroxylation sites is 2. The van der Waals surface area contributed by atoms with Crippen LogP contribution in [0.1, 0.15) is 24.2 Å². The van der Waals surface area contributed by atoms with E-state index < -0.39 is 0 Å². The lowest BCUT2D eigenvalue weighted by Crippen LogP contribution is -2.43. The highest BCUT2D eigenvalue weighted by molar-refractivity contribution is 5.79. The number of hydrogen-bond donors (Lipinski definition) is 1. The smallest absolute Gasteiger partial charge is 0.294 e. The Balaban J connectivity index is 1.34. The molecule has 7 heteroatoms. The lowest BCUT2D eigenvalue weighted by molar-refractivity contribution is -0.125. The molecule has 0 radical (unpaired) electrons. The number of piperidine rings is 1. The van der Waals surface area contributed by atoms with Gasteiger partial charge in [-0.3, -0.25) is 14.2 Å². The molecule has 1 fully saturated rings. The summed E-state index contributed by atoms with van der Waals surface area (Å²) in [6, 6.07) is 21.4. The standard InChI is InChI=1S/C26H26N4O3/c31-25(27-17-21-9-6-16-33-21)20-12-14-29(15-13-20)24-26(32)30(18-19-7-2-1-3-8-19)23-11-5-4-10-22(23)28-24/h1-11,16,20H,12-15,17-18H2,(H,27,31). The minimum absolute atomic E-state index is 0.0269. The van der Waals surface area contributed by atoms with E-state index in [2.05, 4.69) is 5.32 Å². The van der Waals surface area contributed by atoms with Gasteiger partial charge in [-0.05, 0) is 42.7 Å². The van der Waals surface area contributed by atoms with Crippen molar-refractivity contribution in [2.45, 2.75) is 25.9 Å². The number of hydrogen-bond acceptors (Lipinski definition) is 5. The van der Waals surface area contributed by atoms with Crippen LogP contribution in [0.15, 0.2) is 82.2 Å². The Morgan fingerprint density at radius 2 is 1.76 bits per heavy atom. The van der Waals surface area contributed by atoms with Gasteiger partial charge in [-0.15, -0.1) is 0 Å². The predicted octanol–water partition coefficient (Wildman–Crippen LogP) is 3.57. The minimum atomic E-state index is -0.0988. The number of amides is 1. The normalized spacial score (nSPS) is 14.5. The average molecular weight is 443 g/mol. The van der Waals surface area contributed by atoms with Crippen LogP contribution in [-0.2, 0) is 17.9 Å². The zero-order valence-corrected chi connectivity index (χ0v) is 18.3. The van der Waals surface area contributed by atoms with Gasteiger partial charge in [0.2, 0.25) is 5.91 Å². The largest absolute Gasteiger partial charge is 0.467 e. The second kappa shape index (κ2) is 9.32. The summed E-state index contributed by atoms with van der Waals surface area (Å²) in [5, 5.41) is 2.95. The number of nitrogens with zero attached hydrogens (tertiary/aromatic N) is 3. The molecule has 7 nitrogen and oxygen atoms in total. The van der Waals surface area contributed by atoms with Gasteiger partial charge in [0.1, 0.15) is 5.76 Å². The summed E-state index contributed by atoms with van der Waals surface area (Å²) in [5.41, 5.74) is 2.58. The molecule has 1 N–H and O–H groups in total. The average Bonchev–Trinajstić information content (AvgIpc) is 3.39. The first-order valence-corrected chi connectivity index (χ1v) is 11.3. The Kier molecular flexibility index (Phi) is 5.93. The van der Waals surface area contributed by atoms with Crippen LogP contribution >= 0.6 is 0 Å². The number of fused-ring (bicyclic) bond motifs is 1. The SMILES string of the molecule is O=C(NCc1ccco1)C1CCN(c2nc3ccccc3n(Cc3ccccc3)c2=O)CC1. The molecule has 0 atom stereocenters. The summed E-state index contributed by atoms with van der Waals surface area (Å²) in [4.78, 5) is 32.8. The van der Waals surface area contributed by atoms with Crippen molar-refractivity contribution in [2.24, 2.45) is 5.92 Å². The molecule has 0 saturated carbocycles. The van der Waals surface area contributed by atoms with Gasteiger partial charge in [-0.25, -0.2) is 4.98 Å². The maximum atomic E-state index is 13.5. The van der Waals surface area contributed by atoms with Crippen molar-refractivity contribution >= 4 is 22.8 Å². The summed E-state index contributed by atoms with van der Waals surface area (Å²) in [6.45, 7) is 2.11. The number of aromatic nitrogens is 2. The Labute approximate surface area is 191 Å². The van der Waals surface area contributed by atoms with Gasteiger partial charge in [0, 0.05) is 19.0 Å². The van der Waals surface area contributed by atoms with Crippen molar-refractivity contribution in [3.63, 3.8) is 0 Å². The maximum Gasteiger partial charge on any atom is 0.294 e. The van der Waals surface area contributed by atoms with Crippen LogP contribution in [0.4, 0.5) is 5.82 Å². The van der Waals surface area contributed by atoms with E-state index in [9.17, 15) is 9.59 Å². The van der Waals surface area contributed by atoms with Crippen LogP contribution in [0.3, 0.4) is 0 Å². The molecule has 2 aromatic heterocycles. The van der Waals surface area contributed by atoms with Gasteiger partial charge < -0.3 is 14.6 Å². The van der Waals surface area contributed by atoms with Crippen molar-refractivity contribution in [2.75, 3.05) is 18.0 Å². The number of carbonyl (C=O) groups excluding carboxylic acids is 1. The van der Waals surface area contributed by atoms with E-state index in [1.165, 1.54) is 0 Å². The molecular weight excluding hydrogens is 416 g/mol. The molecule has 168 valence electrons. The first-order valence-electron chi connectivity index (χ1n) is 11.3. The van der Waals surface area contributed by atoms with Crippen LogP contribution in [0.5, 0.6) is 0 Å². The number of nitrogens with one attached hydrogen (secondary N) is 1. The topological polar surface area (TPSA) is 80.4 Å². The summed E-state index contributed by atoms with van der Waals surface area (Å²) < 4.78 is 7.08. The van der Waals surface area contributed by atoms with Crippen molar-refractivity contribution in [1.29, 1.82) is 0 Å². The molecule has 0 spiro atoms. The highest BCUT2D eigenvalue weighted by atomic mass is 16.3. The van der Waals surface area contributed by atoms with E-state index in [0.29, 0.717) is 44.8 Å². The van der Waals surface area contributed by atoms with E-state index >= 15 is 0 Å². The van der Waals surface area contributed by atoms with Crippen molar-refractivity contribution < 1.29 is 9.21 Å². The Morgan fingerprint density at radius 3 is 2.52 bits per heavy atom. The molecule has 0 aliphatic carbocycles. The van der Waals surface area contributed by atoms with E-state index in [4.69, 9.17) is 9.40 Å². The number of carbonyl (C=O) groups is 1. The number of benzene rings is 2. The summed E-state index contributed by atoms with van der Waals surface area (Å²) in [7, 11) is 0. The first kappa shape index (κ1) is 21.0.